The molecule has 2 unspecified atom stereocenters. The fourth-order valence-electron chi connectivity index (χ4n) is 5.67. The maximum absolute atomic E-state index is 13.9. The number of aliphatic imine (C=N–C) groups is 1. The van der Waals surface area contributed by atoms with E-state index in [9.17, 15) is 9.59 Å². The molecule has 2 atom stereocenters. The maximum Gasteiger partial charge on any atom is 0.255 e. The first-order chi connectivity index (χ1) is 19.4. The summed E-state index contributed by atoms with van der Waals surface area (Å²) >= 11 is 6.10. The molecule has 0 saturated carbocycles. The van der Waals surface area contributed by atoms with Crippen molar-refractivity contribution in [1.29, 1.82) is 5.41 Å². The van der Waals surface area contributed by atoms with E-state index in [0.717, 1.165) is 12.1 Å². The van der Waals surface area contributed by atoms with Crippen LogP contribution in [0.2, 0.25) is 5.02 Å². The number of carbonyl (C=O) groups excluding carboxylic acids is 2. The van der Waals surface area contributed by atoms with Crippen LogP contribution in [0.25, 0.3) is 0 Å². The van der Waals surface area contributed by atoms with E-state index in [1.165, 1.54) is 11.8 Å². The van der Waals surface area contributed by atoms with E-state index in [1.54, 1.807) is 18.3 Å². The molecule has 2 aromatic carbocycles. The molecule has 1 aromatic heterocycles. The molecule has 206 valence electrons. The minimum Gasteiger partial charge on any atom is -0.341 e. The van der Waals surface area contributed by atoms with E-state index in [1.807, 2.05) is 59.2 Å². The molecule has 1 N–H and O–H groups in total. The number of rotatable bonds is 7. The van der Waals surface area contributed by atoms with Gasteiger partial charge < -0.3 is 15.2 Å². The highest BCUT2D eigenvalue weighted by Crippen LogP contribution is 2.31. The van der Waals surface area contributed by atoms with Gasteiger partial charge in [0.15, 0.2) is 0 Å². The predicted octanol–water partition coefficient (Wildman–Crippen LogP) is 5.95. The molecule has 3 heterocycles. The van der Waals surface area contributed by atoms with Crippen molar-refractivity contribution in [3.63, 3.8) is 0 Å². The average molecular weight is 556 g/mol. The highest BCUT2D eigenvalue weighted by Gasteiger charge is 2.37. The number of aromatic nitrogens is 1. The van der Waals surface area contributed by atoms with Gasteiger partial charge in [-0.1, -0.05) is 41.9 Å². The van der Waals surface area contributed by atoms with Crippen LogP contribution in [0.1, 0.15) is 46.8 Å². The van der Waals surface area contributed by atoms with Crippen LogP contribution in [-0.2, 0) is 4.79 Å². The third-order valence-electron chi connectivity index (χ3n) is 7.97. The van der Waals surface area contributed by atoms with E-state index in [-0.39, 0.29) is 17.7 Å². The molecule has 40 heavy (non-hydrogen) atoms. The lowest BCUT2D eigenvalue weighted by molar-refractivity contribution is -0.130. The summed E-state index contributed by atoms with van der Waals surface area (Å²) in [6.45, 7) is 4.30. The van der Waals surface area contributed by atoms with Crippen molar-refractivity contribution in [2.75, 3.05) is 26.2 Å². The number of hydrogen-bond acceptors (Lipinski definition) is 5. The van der Waals surface area contributed by atoms with Crippen molar-refractivity contribution >= 4 is 41.0 Å². The van der Waals surface area contributed by atoms with E-state index < -0.39 is 5.92 Å². The molecule has 5 rings (SSSR count). The lowest BCUT2D eigenvalue weighted by atomic mass is 9.84. The van der Waals surface area contributed by atoms with E-state index in [0.29, 0.717) is 66.9 Å². The number of pyridine rings is 1. The van der Waals surface area contributed by atoms with Gasteiger partial charge in [-0.25, -0.2) is 0 Å². The zero-order valence-electron chi connectivity index (χ0n) is 22.7. The number of halogens is 1. The lowest BCUT2D eigenvalue weighted by Gasteiger charge is -2.34. The second-order valence-corrected chi connectivity index (χ2v) is 11.0. The van der Waals surface area contributed by atoms with E-state index in [2.05, 4.69) is 17.1 Å². The highest BCUT2D eigenvalue weighted by atomic mass is 35.5. The number of hydrogen-bond donors (Lipinski definition) is 1. The minimum absolute atomic E-state index is 0.0288. The smallest absolute Gasteiger partial charge is 0.255 e. The fourth-order valence-corrected chi connectivity index (χ4v) is 5.80. The zero-order valence-corrected chi connectivity index (χ0v) is 23.4. The van der Waals surface area contributed by atoms with Gasteiger partial charge in [-0.05, 0) is 68.1 Å². The van der Waals surface area contributed by atoms with Crippen LogP contribution in [-0.4, -0.2) is 64.7 Å². The van der Waals surface area contributed by atoms with Crippen molar-refractivity contribution in [2.45, 2.75) is 32.1 Å². The maximum atomic E-state index is 13.9. The molecule has 3 aromatic rings. The summed E-state index contributed by atoms with van der Waals surface area (Å²) in [6.07, 6.45) is 5.10. The first-order valence-electron chi connectivity index (χ1n) is 13.8. The number of amides is 2. The zero-order chi connectivity index (χ0) is 28.1. The summed E-state index contributed by atoms with van der Waals surface area (Å²) in [5.74, 6) is -0.604. The summed E-state index contributed by atoms with van der Waals surface area (Å²) in [5.41, 5.74) is 4.07. The van der Waals surface area contributed by atoms with Crippen molar-refractivity contribution < 1.29 is 9.59 Å². The molecular formula is C32H34ClN5O2. The summed E-state index contributed by atoms with van der Waals surface area (Å²) in [7, 11) is 0. The van der Waals surface area contributed by atoms with Crippen molar-refractivity contribution in [1.82, 2.24) is 14.8 Å². The quantitative estimate of drug-likeness (QED) is 0.365. The van der Waals surface area contributed by atoms with Gasteiger partial charge in [0.2, 0.25) is 5.91 Å². The number of nitrogens with one attached hydrogen (secondary N) is 1. The summed E-state index contributed by atoms with van der Waals surface area (Å²) in [5, 5.41) is 8.92. The summed E-state index contributed by atoms with van der Waals surface area (Å²) < 4.78 is 0. The van der Waals surface area contributed by atoms with Crippen LogP contribution < -0.4 is 0 Å². The van der Waals surface area contributed by atoms with Gasteiger partial charge in [-0.15, -0.1) is 0 Å². The second kappa shape index (κ2) is 12.6. The van der Waals surface area contributed by atoms with Crippen LogP contribution in [0.4, 0.5) is 5.69 Å². The third kappa shape index (κ3) is 6.31. The Balaban J connectivity index is 1.35. The Labute approximate surface area is 240 Å². The first-order valence-corrected chi connectivity index (χ1v) is 14.2. The topological polar surface area (TPSA) is 89.7 Å². The van der Waals surface area contributed by atoms with Gasteiger partial charge >= 0.3 is 0 Å². The van der Waals surface area contributed by atoms with Gasteiger partial charge in [0, 0.05) is 66.9 Å². The standard InChI is InChI=1S/C32H34ClN5O2/c1-22-7-8-25(20-35-22)31(39)37-16-13-24(14-17-37)30(36-28-11-9-27(33)10-12-28)29(19-34)32(40)38-18-15-26(21-38)23-5-3-2-4-6-23/h2-12,19-20,24,26,29,34H,13-18,21H2,1H3. The van der Waals surface area contributed by atoms with Gasteiger partial charge in [0.1, 0.15) is 5.92 Å². The molecule has 2 saturated heterocycles. The van der Waals surface area contributed by atoms with E-state index in [4.69, 9.17) is 22.0 Å². The predicted molar refractivity (Wildman–Crippen MR) is 159 cm³/mol. The number of carbonyl (C=O) groups is 2. The Bertz CT molecular complexity index is 1370. The number of likely N-dealkylation sites (tertiary alicyclic amines) is 2. The van der Waals surface area contributed by atoms with Crippen molar-refractivity contribution in [3.05, 3.63) is 94.8 Å². The van der Waals surface area contributed by atoms with Gasteiger partial charge in [-0.3, -0.25) is 19.6 Å². The molecule has 7 nitrogen and oxygen atoms in total. The van der Waals surface area contributed by atoms with Gasteiger partial charge in [-0.2, -0.15) is 0 Å². The average Bonchev–Trinajstić information content (AvgIpc) is 3.49. The molecule has 2 aliphatic rings. The van der Waals surface area contributed by atoms with Crippen molar-refractivity contribution in [2.24, 2.45) is 16.8 Å². The Morgan fingerprint density at radius 1 is 0.975 bits per heavy atom. The molecule has 0 radical (unpaired) electrons. The first kappa shape index (κ1) is 27.7. The van der Waals surface area contributed by atoms with Crippen LogP contribution in [0.3, 0.4) is 0 Å². The lowest BCUT2D eigenvalue weighted by Crippen LogP contribution is -2.45. The largest absolute Gasteiger partial charge is 0.341 e. The summed E-state index contributed by atoms with van der Waals surface area (Å²) in [4.78, 5) is 39.9. The molecule has 0 aliphatic carbocycles. The SMILES string of the molecule is Cc1ccc(C(=O)N2CCC(C(=Nc3ccc(Cl)cc3)C(C=N)C(=O)N3CCC(c4ccccc4)C3)CC2)cn1. The van der Waals surface area contributed by atoms with Crippen LogP contribution in [0.15, 0.2) is 77.9 Å². The number of benzene rings is 2. The monoisotopic (exact) mass is 555 g/mol. The third-order valence-corrected chi connectivity index (χ3v) is 8.22. The number of piperidine rings is 1. The minimum atomic E-state index is -0.751. The van der Waals surface area contributed by atoms with Gasteiger partial charge in [0.05, 0.1) is 11.3 Å². The molecule has 2 amide bonds. The fraction of sp³-hybridized carbons (Fsp3) is 0.344. The Kier molecular flexibility index (Phi) is 8.70. The van der Waals surface area contributed by atoms with Crippen molar-refractivity contribution in [3.8, 4) is 0 Å². The van der Waals surface area contributed by atoms with Crippen LogP contribution in [0, 0.1) is 24.2 Å². The van der Waals surface area contributed by atoms with Crippen LogP contribution >= 0.6 is 11.6 Å². The molecular weight excluding hydrogens is 522 g/mol. The summed E-state index contributed by atoms with van der Waals surface area (Å²) in [6, 6.07) is 21.2. The number of aryl methyl sites for hydroxylation is 1. The Morgan fingerprint density at radius 2 is 1.68 bits per heavy atom. The molecule has 0 spiro atoms. The molecule has 2 fully saturated rings. The molecule has 8 heteroatoms. The van der Waals surface area contributed by atoms with E-state index >= 15 is 0 Å². The molecule has 0 bridgehead atoms. The highest BCUT2D eigenvalue weighted by molar-refractivity contribution is 6.30. The van der Waals surface area contributed by atoms with Gasteiger partial charge in [0.25, 0.3) is 5.91 Å². The van der Waals surface area contributed by atoms with Crippen LogP contribution in [0.5, 0.6) is 0 Å². The Morgan fingerprint density at radius 3 is 2.33 bits per heavy atom. The molecule has 2 aliphatic heterocycles. The second-order valence-electron chi connectivity index (χ2n) is 10.6. The number of nitrogens with zero attached hydrogens (tertiary/aromatic N) is 4. The normalized spacial score (nSPS) is 18.9. The Hall–Kier alpha value is -3.84.